The van der Waals surface area contributed by atoms with Crippen molar-refractivity contribution < 1.29 is 24.5 Å². The third-order valence-electron chi connectivity index (χ3n) is 4.67. The van der Waals surface area contributed by atoms with Gasteiger partial charge in [-0.2, -0.15) is 0 Å². The van der Waals surface area contributed by atoms with E-state index >= 15 is 0 Å². The fraction of sp³-hybridized carbons (Fsp3) is 0.136. The molecule has 5 aromatic rings. The molecule has 0 saturated carbocycles. The van der Waals surface area contributed by atoms with E-state index in [9.17, 15) is 0 Å². The normalized spacial score (nSPS) is 11.5. The average molecular weight is 518 g/mol. The molecule has 0 unspecified atom stereocenters. The van der Waals surface area contributed by atoms with Gasteiger partial charge in [0.2, 0.25) is 0 Å². The van der Waals surface area contributed by atoms with Crippen LogP contribution in [0.3, 0.4) is 0 Å². The first-order valence-corrected chi connectivity index (χ1v) is 8.53. The van der Waals surface area contributed by atoms with Crippen molar-refractivity contribution in [2.45, 2.75) is 19.9 Å². The summed E-state index contributed by atoms with van der Waals surface area (Å²) in [5, 5.41) is 2.23. The van der Waals surface area contributed by atoms with E-state index in [4.69, 9.17) is 9.40 Å². The van der Waals surface area contributed by atoms with Crippen molar-refractivity contribution in [3.63, 3.8) is 0 Å². The van der Waals surface area contributed by atoms with Crippen LogP contribution in [0.15, 0.2) is 65.1 Å². The third kappa shape index (κ3) is 2.41. The number of para-hydroxylation sites is 3. The summed E-state index contributed by atoms with van der Waals surface area (Å²) in [5.41, 5.74) is 4.78. The minimum absolute atomic E-state index is 0. The number of rotatable bonds is 2. The summed E-state index contributed by atoms with van der Waals surface area (Å²) in [5.74, 6) is 0.904. The molecule has 0 aliphatic rings. The Morgan fingerprint density at radius 3 is 2.58 bits per heavy atom. The van der Waals surface area contributed by atoms with Gasteiger partial charge in [-0.1, -0.05) is 41.3 Å². The molecule has 0 atom stereocenters. The SMILES string of the molecule is CC(C)n1c(-c2[c-]ccc3c2oc2ccccc23)nc2ccccc21.[Ir]. The van der Waals surface area contributed by atoms with Gasteiger partial charge in [0.05, 0.1) is 22.4 Å². The minimum Gasteiger partial charge on any atom is -0.501 e. The van der Waals surface area contributed by atoms with Crippen LogP contribution in [0, 0.1) is 6.07 Å². The van der Waals surface area contributed by atoms with Crippen molar-refractivity contribution in [2.24, 2.45) is 0 Å². The number of hydrogen-bond donors (Lipinski definition) is 0. The van der Waals surface area contributed by atoms with Crippen LogP contribution in [0.5, 0.6) is 0 Å². The zero-order chi connectivity index (χ0) is 17.0. The molecule has 0 N–H and O–H groups in total. The average Bonchev–Trinajstić information content (AvgIpc) is 3.20. The summed E-state index contributed by atoms with van der Waals surface area (Å²) in [6.45, 7) is 4.35. The molecular formula is C22H17IrN2O-. The zero-order valence-corrected chi connectivity index (χ0v) is 16.9. The summed E-state index contributed by atoms with van der Waals surface area (Å²) < 4.78 is 8.44. The zero-order valence-electron chi connectivity index (χ0n) is 14.5. The van der Waals surface area contributed by atoms with Gasteiger partial charge in [-0.05, 0) is 32.0 Å². The summed E-state index contributed by atoms with van der Waals surface area (Å²) in [6, 6.07) is 24.1. The van der Waals surface area contributed by atoms with E-state index in [2.05, 4.69) is 54.8 Å². The first-order chi connectivity index (χ1) is 12.2. The number of fused-ring (bicyclic) bond motifs is 4. The van der Waals surface area contributed by atoms with Crippen LogP contribution in [0.4, 0.5) is 0 Å². The number of nitrogens with zero attached hydrogens (tertiary/aromatic N) is 2. The Morgan fingerprint density at radius 1 is 0.962 bits per heavy atom. The van der Waals surface area contributed by atoms with E-state index in [0.717, 1.165) is 44.4 Å². The molecule has 0 amide bonds. The second-order valence-electron chi connectivity index (χ2n) is 6.58. The van der Waals surface area contributed by atoms with Crippen LogP contribution < -0.4 is 0 Å². The van der Waals surface area contributed by atoms with Crippen LogP contribution in [0.25, 0.3) is 44.4 Å². The summed E-state index contributed by atoms with van der Waals surface area (Å²) >= 11 is 0. The van der Waals surface area contributed by atoms with Gasteiger partial charge in [0, 0.05) is 31.5 Å². The maximum atomic E-state index is 6.18. The Bertz CT molecular complexity index is 1230. The van der Waals surface area contributed by atoms with Crippen LogP contribution in [0.2, 0.25) is 0 Å². The predicted octanol–water partition coefficient (Wildman–Crippen LogP) is 5.98. The van der Waals surface area contributed by atoms with Crippen LogP contribution in [0.1, 0.15) is 19.9 Å². The largest absolute Gasteiger partial charge is 0.501 e. The van der Waals surface area contributed by atoms with Gasteiger partial charge in [-0.15, -0.1) is 18.2 Å². The van der Waals surface area contributed by atoms with Gasteiger partial charge in [0.15, 0.2) is 0 Å². The van der Waals surface area contributed by atoms with E-state index in [0.29, 0.717) is 0 Å². The van der Waals surface area contributed by atoms with Crippen molar-refractivity contribution in [3.05, 3.63) is 66.7 Å². The molecule has 26 heavy (non-hydrogen) atoms. The van der Waals surface area contributed by atoms with E-state index < -0.39 is 0 Å². The molecule has 0 saturated heterocycles. The molecule has 131 valence electrons. The number of aromatic nitrogens is 2. The quantitative estimate of drug-likeness (QED) is 0.270. The van der Waals surface area contributed by atoms with Gasteiger partial charge in [-0.3, -0.25) is 4.98 Å². The van der Waals surface area contributed by atoms with Crippen LogP contribution in [-0.4, -0.2) is 9.55 Å². The van der Waals surface area contributed by atoms with Gasteiger partial charge in [-0.25, -0.2) is 0 Å². The first kappa shape index (κ1) is 17.0. The predicted molar refractivity (Wildman–Crippen MR) is 102 cm³/mol. The molecule has 3 nitrogen and oxygen atoms in total. The molecule has 0 aliphatic carbocycles. The number of benzene rings is 3. The Hall–Kier alpha value is -2.42. The molecular weight excluding hydrogens is 500 g/mol. The Labute approximate surface area is 165 Å². The van der Waals surface area contributed by atoms with Crippen LogP contribution >= 0.6 is 0 Å². The molecule has 0 fully saturated rings. The standard InChI is InChI=1S/C22H17N2O.Ir/c1-14(2)24-19-12-5-4-11-18(19)23-22(24)17-10-7-9-16-15-8-3-6-13-20(15)25-21(16)17;/h3-9,11-14H,1-2H3;/q-1;. The Morgan fingerprint density at radius 2 is 1.73 bits per heavy atom. The van der Waals surface area contributed by atoms with Gasteiger partial charge >= 0.3 is 0 Å². The maximum Gasteiger partial charge on any atom is 0.120 e. The van der Waals surface area contributed by atoms with Crippen molar-refractivity contribution >= 4 is 33.0 Å². The van der Waals surface area contributed by atoms with Gasteiger partial charge in [0.25, 0.3) is 0 Å². The monoisotopic (exact) mass is 518 g/mol. The molecule has 5 rings (SSSR count). The van der Waals surface area contributed by atoms with Crippen molar-refractivity contribution in [1.29, 1.82) is 0 Å². The Balaban J connectivity index is 0.00000168. The fourth-order valence-corrected chi connectivity index (χ4v) is 3.60. The molecule has 3 aromatic carbocycles. The summed E-state index contributed by atoms with van der Waals surface area (Å²) in [4.78, 5) is 4.90. The number of imidazole rings is 1. The second kappa shape index (κ2) is 6.39. The molecule has 0 aliphatic heterocycles. The fourth-order valence-electron chi connectivity index (χ4n) is 3.60. The maximum absolute atomic E-state index is 6.18. The van der Waals surface area contributed by atoms with E-state index in [-0.39, 0.29) is 26.1 Å². The molecule has 1 radical (unpaired) electrons. The Kier molecular flexibility index (Phi) is 4.18. The minimum atomic E-state index is 0. The number of hydrogen-bond acceptors (Lipinski definition) is 2. The van der Waals surface area contributed by atoms with Gasteiger partial charge < -0.3 is 8.98 Å². The molecule has 4 heteroatoms. The van der Waals surface area contributed by atoms with E-state index in [1.165, 1.54) is 0 Å². The van der Waals surface area contributed by atoms with E-state index in [1.807, 2.05) is 30.3 Å². The molecule has 2 aromatic heterocycles. The summed E-state index contributed by atoms with van der Waals surface area (Å²) in [6.07, 6.45) is 0. The topological polar surface area (TPSA) is 31.0 Å². The van der Waals surface area contributed by atoms with Gasteiger partial charge in [0.1, 0.15) is 5.58 Å². The molecule has 0 bridgehead atoms. The molecule has 2 heterocycles. The van der Waals surface area contributed by atoms with Crippen LogP contribution in [-0.2, 0) is 20.1 Å². The summed E-state index contributed by atoms with van der Waals surface area (Å²) in [7, 11) is 0. The molecule has 0 spiro atoms. The van der Waals surface area contributed by atoms with Crippen molar-refractivity contribution in [1.82, 2.24) is 9.55 Å². The van der Waals surface area contributed by atoms with E-state index in [1.54, 1.807) is 0 Å². The first-order valence-electron chi connectivity index (χ1n) is 8.53. The second-order valence-corrected chi connectivity index (χ2v) is 6.58. The van der Waals surface area contributed by atoms with Crippen molar-refractivity contribution in [3.8, 4) is 11.4 Å². The smallest absolute Gasteiger partial charge is 0.120 e. The third-order valence-corrected chi connectivity index (χ3v) is 4.67. The number of furan rings is 1. The van der Waals surface area contributed by atoms with Crippen molar-refractivity contribution in [2.75, 3.05) is 0 Å².